The molecule has 4 aromatic rings. The van der Waals surface area contributed by atoms with Gasteiger partial charge < -0.3 is 14.7 Å². The first-order valence-electron chi connectivity index (χ1n) is 7.50. The lowest BCUT2D eigenvalue weighted by molar-refractivity contribution is 0.0950. The normalized spacial score (nSPS) is 11.2. The van der Waals surface area contributed by atoms with Crippen LogP contribution in [0.2, 0.25) is 0 Å². The van der Waals surface area contributed by atoms with Gasteiger partial charge in [-0.15, -0.1) is 0 Å². The number of hydrogen-bond donors (Lipinski definition) is 2. The number of pyridine rings is 1. The summed E-state index contributed by atoms with van der Waals surface area (Å²) < 4.78 is 6.58. The van der Waals surface area contributed by atoms with E-state index in [1.807, 2.05) is 31.2 Å². The van der Waals surface area contributed by atoms with Gasteiger partial charge in [-0.25, -0.2) is 4.98 Å². The molecule has 2 N–H and O–H groups in total. The van der Waals surface area contributed by atoms with Crippen LogP contribution in [0.3, 0.4) is 0 Å². The Morgan fingerprint density at radius 1 is 1.33 bits per heavy atom. The molecule has 0 bridgehead atoms. The van der Waals surface area contributed by atoms with Gasteiger partial charge in [0.05, 0.1) is 12.1 Å². The number of nitrogens with zero attached hydrogens (tertiary/aromatic N) is 1. The fourth-order valence-corrected chi connectivity index (χ4v) is 3.06. The molecule has 0 unspecified atom stereocenters. The zero-order chi connectivity index (χ0) is 16.7. The maximum absolute atomic E-state index is 12.5. The van der Waals surface area contributed by atoms with Gasteiger partial charge in [0.1, 0.15) is 17.0 Å². The molecule has 0 atom stereocenters. The Labute approximate surface area is 146 Å². The fourth-order valence-electron chi connectivity index (χ4n) is 2.73. The molecule has 0 spiro atoms. The molecule has 0 aliphatic heterocycles. The van der Waals surface area contributed by atoms with Crippen LogP contribution in [0.15, 0.2) is 51.6 Å². The Kier molecular flexibility index (Phi) is 3.61. The molecule has 6 heteroatoms. The molecule has 0 aliphatic rings. The van der Waals surface area contributed by atoms with Gasteiger partial charge in [0.15, 0.2) is 0 Å². The zero-order valence-electron chi connectivity index (χ0n) is 12.9. The van der Waals surface area contributed by atoms with Crippen molar-refractivity contribution < 1.29 is 9.21 Å². The molecule has 1 aromatic carbocycles. The van der Waals surface area contributed by atoms with Crippen LogP contribution < -0.4 is 5.32 Å². The third-order valence-electron chi connectivity index (χ3n) is 3.89. The average Bonchev–Trinajstić information content (AvgIpc) is 3.15. The lowest BCUT2D eigenvalue weighted by Crippen LogP contribution is -2.22. The number of H-pyrrole nitrogens is 1. The van der Waals surface area contributed by atoms with E-state index in [1.54, 1.807) is 12.4 Å². The SMILES string of the molecule is Cc1ccc2oc(CNC(=O)c3c[nH]c4ncc(Br)cc34)cc2c1. The number of rotatable bonds is 3. The van der Waals surface area contributed by atoms with E-state index in [9.17, 15) is 4.79 Å². The van der Waals surface area contributed by atoms with Crippen molar-refractivity contribution in [2.24, 2.45) is 0 Å². The van der Waals surface area contributed by atoms with E-state index in [0.717, 1.165) is 26.6 Å². The monoisotopic (exact) mass is 383 g/mol. The molecule has 4 rings (SSSR count). The molecule has 1 amide bonds. The number of carbonyl (C=O) groups is 1. The number of benzene rings is 1. The maximum atomic E-state index is 12.5. The van der Waals surface area contributed by atoms with E-state index in [1.165, 1.54) is 5.56 Å². The lowest BCUT2D eigenvalue weighted by Gasteiger charge is -2.02. The molecule has 24 heavy (non-hydrogen) atoms. The van der Waals surface area contributed by atoms with Crippen LogP contribution in [0.4, 0.5) is 0 Å². The molecule has 0 saturated heterocycles. The highest BCUT2D eigenvalue weighted by atomic mass is 79.9. The summed E-state index contributed by atoms with van der Waals surface area (Å²) in [5.74, 6) is 0.556. The summed E-state index contributed by atoms with van der Waals surface area (Å²) in [4.78, 5) is 19.7. The molecule has 0 saturated carbocycles. The van der Waals surface area contributed by atoms with Crippen LogP contribution >= 0.6 is 15.9 Å². The second kappa shape index (κ2) is 5.79. The van der Waals surface area contributed by atoms with Gasteiger partial charge in [-0.05, 0) is 47.1 Å². The van der Waals surface area contributed by atoms with Crippen LogP contribution in [0.1, 0.15) is 21.7 Å². The number of fused-ring (bicyclic) bond motifs is 2. The van der Waals surface area contributed by atoms with Gasteiger partial charge >= 0.3 is 0 Å². The standard InChI is InChI=1S/C18H14BrN3O2/c1-10-2-3-16-11(4-10)5-13(24-16)8-22-18(23)15-9-21-17-14(15)6-12(19)7-20-17/h2-7,9H,8H2,1H3,(H,20,21)(H,22,23). The molecule has 0 radical (unpaired) electrons. The number of halogens is 1. The van der Waals surface area contributed by atoms with Gasteiger partial charge in [0.25, 0.3) is 5.91 Å². The van der Waals surface area contributed by atoms with Crippen LogP contribution in [0.5, 0.6) is 0 Å². The number of aryl methyl sites for hydroxylation is 1. The van der Waals surface area contributed by atoms with Gasteiger partial charge in [0.2, 0.25) is 0 Å². The highest BCUT2D eigenvalue weighted by Gasteiger charge is 2.14. The van der Waals surface area contributed by atoms with Crippen molar-refractivity contribution in [3.63, 3.8) is 0 Å². The number of hydrogen-bond acceptors (Lipinski definition) is 3. The maximum Gasteiger partial charge on any atom is 0.253 e. The lowest BCUT2D eigenvalue weighted by atomic mass is 10.2. The predicted molar refractivity (Wildman–Crippen MR) is 95.9 cm³/mol. The van der Waals surface area contributed by atoms with Crippen LogP contribution in [-0.2, 0) is 6.54 Å². The van der Waals surface area contributed by atoms with Crippen molar-refractivity contribution in [1.82, 2.24) is 15.3 Å². The van der Waals surface area contributed by atoms with Gasteiger partial charge in [-0.2, -0.15) is 0 Å². The van der Waals surface area contributed by atoms with E-state index in [-0.39, 0.29) is 5.91 Å². The van der Waals surface area contributed by atoms with Gasteiger partial charge in [-0.1, -0.05) is 11.6 Å². The third kappa shape index (κ3) is 2.69. The second-order valence-corrected chi connectivity index (χ2v) is 6.60. The van der Waals surface area contributed by atoms with E-state index in [2.05, 4.69) is 37.3 Å². The number of amides is 1. The number of aromatic amines is 1. The molecular formula is C18H14BrN3O2. The van der Waals surface area contributed by atoms with Crippen molar-refractivity contribution in [1.29, 1.82) is 0 Å². The number of nitrogens with one attached hydrogen (secondary N) is 2. The Bertz CT molecular complexity index is 1060. The summed E-state index contributed by atoms with van der Waals surface area (Å²) in [7, 11) is 0. The number of furan rings is 1. The molecule has 3 aromatic heterocycles. The Balaban J connectivity index is 1.55. The Morgan fingerprint density at radius 3 is 3.08 bits per heavy atom. The first-order chi connectivity index (χ1) is 11.6. The first-order valence-corrected chi connectivity index (χ1v) is 8.29. The van der Waals surface area contributed by atoms with Gasteiger partial charge in [-0.3, -0.25) is 4.79 Å². The van der Waals surface area contributed by atoms with E-state index < -0.39 is 0 Å². The molecular weight excluding hydrogens is 370 g/mol. The van der Waals surface area contributed by atoms with E-state index in [4.69, 9.17) is 4.42 Å². The third-order valence-corrected chi connectivity index (χ3v) is 4.32. The Morgan fingerprint density at radius 2 is 2.21 bits per heavy atom. The van der Waals surface area contributed by atoms with Crippen LogP contribution in [-0.4, -0.2) is 15.9 Å². The summed E-state index contributed by atoms with van der Waals surface area (Å²) in [6.07, 6.45) is 3.36. The zero-order valence-corrected chi connectivity index (χ0v) is 14.5. The fraction of sp³-hybridized carbons (Fsp3) is 0.111. The summed E-state index contributed by atoms with van der Waals surface area (Å²) in [6.45, 7) is 2.37. The average molecular weight is 384 g/mol. The van der Waals surface area contributed by atoms with Crippen molar-refractivity contribution in [3.8, 4) is 0 Å². The first kappa shape index (κ1) is 15.0. The second-order valence-electron chi connectivity index (χ2n) is 5.69. The summed E-state index contributed by atoms with van der Waals surface area (Å²) in [6, 6.07) is 9.84. The van der Waals surface area contributed by atoms with Crippen molar-refractivity contribution >= 4 is 43.8 Å². The van der Waals surface area contributed by atoms with Gasteiger partial charge in [0, 0.05) is 27.6 Å². The largest absolute Gasteiger partial charge is 0.459 e. The minimum Gasteiger partial charge on any atom is -0.459 e. The minimum absolute atomic E-state index is 0.169. The molecule has 0 fully saturated rings. The number of aromatic nitrogens is 2. The predicted octanol–water partition coefficient (Wildman–Crippen LogP) is 4.31. The highest BCUT2D eigenvalue weighted by Crippen LogP contribution is 2.22. The molecule has 120 valence electrons. The topological polar surface area (TPSA) is 70.9 Å². The van der Waals surface area contributed by atoms with Crippen molar-refractivity contribution in [2.45, 2.75) is 13.5 Å². The minimum atomic E-state index is -0.169. The van der Waals surface area contributed by atoms with E-state index >= 15 is 0 Å². The summed E-state index contributed by atoms with van der Waals surface area (Å²) >= 11 is 3.38. The molecule has 5 nitrogen and oxygen atoms in total. The molecule has 0 aliphatic carbocycles. The quantitative estimate of drug-likeness (QED) is 0.553. The highest BCUT2D eigenvalue weighted by molar-refractivity contribution is 9.10. The smallest absolute Gasteiger partial charge is 0.253 e. The number of carbonyl (C=O) groups excluding carboxylic acids is 1. The summed E-state index contributed by atoms with van der Waals surface area (Å²) in [5, 5.41) is 4.71. The van der Waals surface area contributed by atoms with Crippen molar-refractivity contribution in [3.05, 3.63) is 64.1 Å². The summed E-state index contributed by atoms with van der Waals surface area (Å²) in [5.41, 5.74) is 3.24. The van der Waals surface area contributed by atoms with Crippen LogP contribution in [0.25, 0.3) is 22.0 Å². The van der Waals surface area contributed by atoms with Crippen LogP contribution in [0, 0.1) is 6.92 Å². The molecule has 3 heterocycles. The Hall–Kier alpha value is -2.60. The van der Waals surface area contributed by atoms with E-state index in [0.29, 0.717) is 17.8 Å². The van der Waals surface area contributed by atoms with Crippen molar-refractivity contribution in [2.75, 3.05) is 0 Å².